The molecule has 0 aliphatic heterocycles. The van der Waals surface area contributed by atoms with Gasteiger partial charge in [0, 0.05) is 23.4 Å². The Labute approximate surface area is 159 Å². The van der Waals surface area contributed by atoms with Gasteiger partial charge in [-0.15, -0.1) is 0 Å². The van der Waals surface area contributed by atoms with Crippen LogP contribution >= 0.6 is 11.6 Å². The number of ether oxygens (including phenoxy) is 3. The molecule has 0 radical (unpaired) electrons. The molecule has 0 aliphatic carbocycles. The van der Waals surface area contributed by atoms with Crippen LogP contribution in [0, 0.1) is 5.92 Å². The first kappa shape index (κ1) is 20.1. The smallest absolute Gasteiger partial charge is 0.255 e. The van der Waals surface area contributed by atoms with Gasteiger partial charge in [-0.3, -0.25) is 4.79 Å². The van der Waals surface area contributed by atoms with Gasteiger partial charge in [-0.05, 0) is 42.3 Å². The number of methoxy groups -OCH3 is 2. The highest BCUT2D eigenvalue weighted by atomic mass is 35.5. The predicted octanol–water partition coefficient (Wildman–Crippen LogP) is 4.78. The van der Waals surface area contributed by atoms with Gasteiger partial charge in [0.05, 0.1) is 25.8 Å². The lowest BCUT2D eigenvalue weighted by Crippen LogP contribution is -2.13. The number of nitrogens with one attached hydrogen (secondary N) is 1. The molecule has 0 fully saturated rings. The van der Waals surface area contributed by atoms with Gasteiger partial charge < -0.3 is 19.5 Å². The summed E-state index contributed by atoms with van der Waals surface area (Å²) >= 11 is 6.10. The van der Waals surface area contributed by atoms with Crippen LogP contribution in [0.15, 0.2) is 36.4 Å². The van der Waals surface area contributed by atoms with Crippen LogP contribution in [0.2, 0.25) is 5.02 Å². The van der Waals surface area contributed by atoms with Crippen molar-refractivity contribution in [1.82, 2.24) is 0 Å². The minimum absolute atomic E-state index is 0.237. The second-order valence-corrected chi connectivity index (χ2v) is 6.65. The van der Waals surface area contributed by atoms with Crippen molar-refractivity contribution in [3.8, 4) is 11.5 Å². The fourth-order valence-electron chi connectivity index (χ4n) is 2.38. The molecule has 0 bridgehead atoms. The number of rotatable bonds is 8. The van der Waals surface area contributed by atoms with Crippen LogP contribution in [0.4, 0.5) is 5.69 Å². The fraction of sp³-hybridized carbons (Fsp3) is 0.350. The van der Waals surface area contributed by atoms with Gasteiger partial charge >= 0.3 is 0 Å². The molecule has 2 aromatic rings. The van der Waals surface area contributed by atoms with Crippen molar-refractivity contribution in [3.63, 3.8) is 0 Å². The van der Waals surface area contributed by atoms with E-state index in [0.29, 0.717) is 46.9 Å². The minimum Gasteiger partial charge on any atom is -0.496 e. The average molecular weight is 378 g/mol. The van der Waals surface area contributed by atoms with Crippen molar-refractivity contribution in [2.24, 2.45) is 5.92 Å². The zero-order valence-corrected chi connectivity index (χ0v) is 16.2. The predicted molar refractivity (Wildman–Crippen MR) is 103 cm³/mol. The number of benzene rings is 2. The minimum atomic E-state index is -0.237. The molecule has 1 amide bonds. The van der Waals surface area contributed by atoms with Gasteiger partial charge in [0.2, 0.25) is 0 Å². The third-order valence-electron chi connectivity index (χ3n) is 3.66. The summed E-state index contributed by atoms with van der Waals surface area (Å²) in [5.41, 5.74) is 1.93. The molecule has 2 rings (SSSR count). The normalized spacial score (nSPS) is 10.7. The van der Waals surface area contributed by atoms with Crippen LogP contribution in [0.5, 0.6) is 11.5 Å². The van der Waals surface area contributed by atoms with E-state index < -0.39 is 0 Å². The van der Waals surface area contributed by atoms with Crippen molar-refractivity contribution >= 4 is 23.2 Å². The standard InChI is InChI=1S/C20H24ClNO4/c1-13(2)11-26-12-15-9-14(5-7-18(15)24-3)20(23)22-16-6-8-19(25-4)17(21)10-16/h5-10,13H,11-12H2,1-4H3,(H,22,23). The van der Waals surface area contributed by atoms with Crippen LogP contribution in [0.1, 0.15) is 29.8 Å². The fourth-order valence-corrected chi connectivity index (χ4v) is 2.64. The number of anilines is 1. The number of halogens is 1. The summed E-state index contributed by atoms with van der Waals surface area (Å²) in [6.45, 7) is 5.20. The van der Waals surface area contributed by atoms with Gasteiger partial charge in [-0.25, -0.2) is 0 Å². The summed E-state index contributed by atoms with van der Waals surface area (Å²) in [6.07, 6.45) is 0. The van der Waals surface area contributed by atoms with E-state index in [0.717, 1.165) is 5.56 Å². The quantitative estimate of drug-likeness (QED) is 0.719. The molecule has 0 aliphatic rings. The van der Waals surface area contributed by atoms with Gasteiger partial charge in [0.25, 0.3) is 5.91 Å². The number of carbonyl (C=O) groups is 1. The first-order valence-electron chi connectivity index (χ1n) is 8.34. The maximum absolute atomic E-state index is 12.5. The Kier molecular flexibility index (Phi) is 7.30. The monoisotopic (exact) mass is 377 g/mol. The van der Waals surface area contributed by atoms with E-state index in [9.17, 15) is 4.79 Å². The Morgan fingerprint density at radius 2 is 1.77 bits per heavy atom. The van der Waals surface area contributed by atoms with E-state index in [-0.39, 0.29) is 5.91 Å². The second-order valence-electron chi connectivity index (χ2n) is 6.24. The Morgan fingerprint density at radius 3 is 2.38 bits per heavy atom. The highest BCUT2D eigenvalue weighted by Crippen LogP contribution is 2.28. The van der Waals surface area contributed by atoms with Gasteiger partial charge in [0.1, 0.15) is 11.5 Å². The SMILES string of the molecule is COc1ccc(NC(=O)c2ccc(OC)c(COCC(C)C)c2)cc1Cl. The van der Waals surface area contributed by atoms with E-state index in [1.165, 1.54) is 0 Å². The first-order valence-corrected chi connectivity index (χ1v) is 8.72. The van der Waals surface area contributed by atoms with Crippen molar-refractivity contribution in [3.05, 3.63) is 52.5 Å². The maximum Gasteiger partial charge on any atom is 0.255 e. The summed E-state index contributed by atoms with van der Waals surface area (Å²) < 4.78 is 16.1. The molecule has 26 heavy (non-hydrogen) atoms. The molecule has 0 saturated carbocycles. The van der Waals surface area contributed by atoms with Crippen LogP contribution in [-0.4, -0.2) is 26.7 Å². The summed E-state index contributed by atoms with van der Waals surface area (Å²) in [6, 6.07) is 10.3. The first-order chi connectivity index (χ1) is 12.4. The molecule has 0 heterocycles. The van der Waals surface area contributed by atoms with Crippen LogP contribution in [0.3, 0.4) is 0 Å². The third-order valence-corrected chi connectivity index (χ3v) is 3.96. The number of hydrogen-bond acceptors (Lipinski definition) is 4. The van der Waals surface area contributed by atoms with E-state index in [4.69, 9.17) is 25.8 Å². The average Bonchev–Trinajstić information content (AvgIpc) is 2.61. The topological polar surface area (TPSA) is 56.8 Å². The van der Waals surface area contributed by atoms with Crippen LogP contribution in [-0.2, 0) is 11.3 Å². The zero-order chi connectivity index (χ0) is 19.1. The summed E-state index contributed by atoms with van der Waals surface area (Å²) in [5.74, 6) is 1.45. The molecule has 140 valence electrons. The highest BCUT2D eigenvalue weighted by molar-refractivity contribution is 6.32. The van der Waals surface area contributed by atoms with Gasteiger partial charge in [-0.1, -0.05) is 25.4 Å². The van der Waals surface area contributed by atoms with E-state index in [2.05, 4.69) is 19.2 Å². The molecular formula is C20H24ClNO4. The zero-order valence-electron chi connectivity index (χ0n) is 15.5. The Hall–Kier alpha value is -2.24. The van der Waals surface area contributed by atoms with Gasteiger partial charge in [0.15, 0.2) is 0 Å². The molecule has 0 aromatic heterocycles. The van der Waals surface area contributed by atoms with Gasteiger partial charge in [-0.2, -0.15) is 0 Å². The Balaban J connectivity index is 2.13. The van der Waals surface area contributed by atoms with Crippen molar-refractivity contribution in [2.75, 3.05) is 26.1 Å². The Morgan fingerprint density at radius 1 is 1.08 bits per heavy atom. The molecule has 6 heteroatoms. The third kappa shape index (κ3) is 5.38. The van der Waals surface area contributed by atoms with Crippen molar-refractivity contribution < 1.29 is 19.0 Å². The van der Waals surface area contributed by atoms with E-state index in [1.807, 2.05) is 0 Å². The van der Waals surface area contributed by atoms with Crippen molar-refractivity contribution in [1.29, 1.82) is 0 Å². The van der Waals surface area contributed by atoms with Crippen LogP contribution < -0.4 is 14.8 Å². The number of hydrogen-bond donors (Lipinski definition) is 1. The lowest BCUT2D eigenvalue weighted by Gasteiger charge is -2.13. The summed E-state index contributed by atoms with van der Waals surface area (Å²) in [7, 11) is 3.14. The molecule has 2 aromatic carbocycles. The molecule has 5 nitrogen and oxygen atoms in total. The number of carbonyl (C=O) groups excluding carboxylic acids is 1. The molecule has 0 atom stereocenters. The highest BCUT2D eigenvalue weighted by Gasteiger charge is 2.12. The molecule has 1 N–H and O–H groups in total. The molecular weight excluding hydrogens is 354 g/mol. The lowest BCUT2D eigenvalue weighted by molar-refractivity contribution is 0.0952. The largest absolute Gasteiger partial charge is 0.496 e. The molecule has 0 unspecified atom stereocenters. The molecule has 0 saturated heterocycles. The molecule has 0 spiro atoms. The Bertz CT molecular complexity index is 761. The summed E-state index contributed by atoms with van der Waals surface area (Å²) in [5, 5.41) is 3.26. The van der Waals surface area contributed by atoms with E-state index >= 15 is 0 Å². The van der Waals surface area contributed by atoms with E-state index in [1.54, 1.807) is 50.6 Å². The maximum atomic E-state index is 12.5. The lowest BCUT2D eigenvalue weighted by atomic mass is 10.1. The summed E-state index contributed by atoms with van der Waals surface area (Å²) in [4.78, 5) is 12.5. The number of amides is 1. The van der Waals surface area contributed by atoms with Crippen molar-refractivity contribution in [2.45, 2.75) is 20.5 Å². The van der Waals surface area contributed by atoms with Crippen LogP contribution in [0.25, 0.3) is 0 Å². The second kappa shape index (κ2) is 9.46.